The first-order chi connectivity index (χ1) is 5.63. The maximum absolute atomic E-state index is 11.3. The zero-order valence-electron chi connectivity index (χ0n) is 8.04. The fraction of sp³-hybridized carbons (Fsp3) is 0.889. The molecule has 1 aliphatic heterocycles. The molecule has 0 N–H and O–H groups in total. The second-order valence-corrected chi connectivity index (χ2v) is 3.41. The van der Waals surface area contributed by atoms with E-state index in [4.69, 9.17) is 4.74 Å². The van der Waals surface area contributed by atoms with Crippen molar-refractivity contribution in [1.29, 1.82) is 0 Å². The Balaban J connectivity index is 2.49. The highest BCUT2D eigenvalue weighted by atomic mass is 16.5. The second kappa shape index (κ2) is 3.90. The molecule has 0 bridgehead atoms. The van der Waals surface area contributed by atoms with E-state index in [1.807, 2.05) is 25.7 Å². The first-order valence-electron chi connectivity index (χ1n) is 4.56. The van der Waals surface area contributed by atoms with Gasteiger partial charge in [0.2, 0.25) is 5.91 Å². The molecular formula is C9H17NO2. The Bertz CT molecular complexity index is 160. The lowest BCUT2D eigenvalue weighted by molar-refractivity contribution is -0.142. The highest BCUT2D eigenvalue weighted by Crippen LogP contribution is 2.11. The molecule has 0 aromatic heterocycles. The van der Waals surface area contributed by atoms with Crippen molar-refractivity contribution in [2.75, 3.05) is 13.1 Å². The Morgan fingerprint density at radius 1 is 1.42 bits per heavy atom. The molecule has 0 unspecified atom stereocenters. The molecule has 1 fully saturated rings. The van der Waals surface area contributed by atoms with Crippen LogP contribution in [0.4, 0.5) is 0 Å². The van der Waals surface area contributed by atoms with Crippen LogP contribution in [0.25, 0.3) is 0 Å². The fourth-order valence-corrected chi connectivity index (χ4v) is 1.61. The number of morpholine rings is 1. The van der Waals surface area contributed by atoms with Crippen LogP contribution in [0.1, 0.15) is 27.2 Å². The van der Waals surface area contributed by atoms with E-state index in [0.717, 1.165) is 13.1 Å². The SMILES string of the molecule is CCC(=O)N1C[C@@H](C)O[C@H](C)C1. The first kappa shape index (κ1) is 9.52. The highest BCUT2D eigenvalue weighted by Gasteiger charge is 2.24. The fourth-order valence-electron chi connectivity index (χ4n) is 1.61. The Labute approximate surface area is 73.7 Å². The zero-order valence-corrected chi connectivity index (χ0v) is 8.04. The van der Waals surface area contributed by atoms with E-state index < -0.39 is 0 Å². The molecule has 0 aromatic rings. The molecular weight excluding hydrogens is 154 g/mol. The number of hydrogen-bond donors (Lipinski definition) is 0. The van der Waals surface area contributed by atoms with E-state index in [1.54, 1.807) is 0 Å². The van der Waals surface area contributed by atoms with Gasteiger partial charge < -0.3 is 9.64 Å². The van der Waals surface area contributed by atoms with Crippen LogP contribution < -0.4 is 0 Å². The molecule has 1 rings (SSSR count). The van der Waals surface area contributed by atoms with Gasteiger partial charge in [-0.1, -0.05) is 6.92 Å². The number of carbonyl (C=O) groups excluding carboxylic acids is 1. The van der Waals surface area contributed by atoms with Gasteiger partial charge in [-0.25, -0.2) is 0 Å². The molecule has 0 radical (unpaired) electrons. The Morgan fingerprint density at radius 3 is 2.33 bits per heavy atom. The number of nitrogens with zero attached hydrogens (tertiary/aromatic N) is 1. The van der Waals surface area contributed by atoms with E-state index in [0.29, 0.717) is 6.42 Å². The van der Waals surface area contributed by atoms with Gasteiger partial charge >= 0.3 is 0 Å². The van der Waals surface area contributed by atoms with Crippen molar-refractivity contribution in [3.8, 4) is 0 Å². The molecule has 3 heteroatoms. The van der Waals surface area contributed by atoms with Crippen molar-refractivity contribution in [2.24, 2.45) is 0 Å². The Kier molecular flexibility index (Phi) is 3.09. The molecule has 1 heterocycles. The van der Waals surface area contributed by atoms with E-state index in [2.05, 4.69) is 0 Å². The van der Waals surface area contributed by atoms with E-state index in [9.17, 15) is 4.79 Å². The number of hydrogen-bond acceptors (Lipinski definition) is 2. The first-order valence-corrected chi connectivity index (χ1v) is 4.56. The number of carbonyl (C=O) groups is 1. The lowest BCUT2D eigenvalue weighted by Gasteiger charge is -2.35. The van der Waals surface area contributed by atoms with Gasteiger partial charge in [0.15, 0.2) is 0 Å². The molecule has 0 spiro atoms. The van der Waals surface area contributed by atoms with Crippen molar-refractivity contribution in [3.05, 3.63) is 0 Å². The molecule has 0 saturated carbocycles. The monoisotopic (exact) mass is 171 g/mol. The third kappa shape index (κ3) is 2.21. The van der Waals surface area contributed by atoms with Crippen LogP contribution in [0, 0.1) is 0 Å². The average Bonchev–Trinajstić information content (AvgIpc) is 2.01. The van der Waals surface area contributed by atoms with Crippen LogP contribution in [0.15, 0.2) is 0 Å². The highest BCUT2D eigenvalue weighted by molar-refractivity contribution is 5.75. The number of amides is 1. The summed E-state index contributed by atoms with van der Waals surface area (Å²) in [4.78, 5) is 13.2. The third-order valence-electron chi connectivity index (χ3n) is 2.07. The normalized spacial score (nSPS) is 30.4. The van der Waals surface area contributed by atoms with Gasteiger partial charge in [0.1, 0.15) is 0 Å². The summed E-state index contributed by atoms with van der Waals surface area (Å²) >= 11 is 0. The smallest absolute Gasteiger partial charge is 0.222 e. The molecule has 12 heavy (non-hydrogen) atoms. The minimum absolute atomic E-state index is 0.184. The van der Waals surface area contributed by atoms with Crippen LogP contribution in [0.5, 0.6) is 0 Å². The summed E-state index contributed by atoms with van der Waals surface area (Å²) in [6.45, 7) is 7.40. The average molecular weight is 171 g/mol. The molecule has 1 amide bonds. The van der Waals surface area contributed by atoms with E-state index >= 15 is 0 Å². The van der Waals surface area contributed by atoms with Crippen LogP contribution in [0.2, 0.25) is 0 Å². The van der Waals surface area contributed by atoms with Gasteiger partial charge in [0.05, 0.1) is 12.2 Å². The molecule has 2 atom stereocenters. The van der Waals surface area contributed by atoms with Crippen molar-refractivity contribution >= 4 is 5.91 Å². The summed E-state index contributed by atoms with van der Waals surface area (Å²) in [7, 11) is 0. The summed E-state index contributed by atoms with van der Waals surface area (Å²) in [5.74, 6) is 0.233. The van der Waals surface area contributed by atoms with Crippen LogP contribution in [0.3, 0.4) is 0 Å². The second-order valence-electron chi connectivity index (χ2n) is 3.41. The summed E-state index contributed by atoms with van der Waals surface area (Å²) in [6, 6.07) is 0. The molecule has 3 nitrogen and oxygen atoms in total. The molecule has 0 aliphatic carbocycles. The van der Waals surface area contributed by atoms with Gasteiger partial charge in [-0.15, -0.1) is 0 Å². The topological polar surface area (TPSA) is 29.5 Å². The summed E-state index contributed by atoms with van der Waals surface area (Å²) in [5.41, 5.74) is 0. The van der Waals surface area contributed by atoms with Gasteiger partial charge in [0, 0.05) is 19.5 Å². The molecule has 70 valence electrons. The van der Waals surface area contributed by atoms with Gasteiger partial charge in [-0.3, -0.25) is 4.79 Å². The van der Waals surface area contributed by atoms with Gasteiger partial charge in [-0.2, -0.15) is 0 Å². The molecule has 1 saturated heterocycles. The largest absolute Gasteiger partial charge is 0.372 e. The van der Waals surface area contributed by atoms with Crippen molar-refractivity contribution in [2.45, 2.75) is 39.4 Å². The predicted octanol–water partition coefficient (Wildman–Crippen LogP) is 1.03. The van der Waals surface area contributed by atoms with E-state index in [1.165, 1.54) is 0 Å². The van der Waals surface area contributed by atoms with Gasteiger partial charge in [-0.05, 0) is 13.8 Å². The summed E-state index contributed by atoms with van der Waals surface area (Å²) < 4.78 is 5.52. The lowest BCUT2D eigenvalue weighted by Crippen LogP contribution is -2.47. The van der Waals surface area contributed by atoms with Crippen LogP contribution in [-0.2, 0) is 9.53 Å². The number of ether oxygens (including phenoxy) is 1. The molecule has 1 aliphatic rings. The standard InChI is InChI=1S/C9H17NO2/c1-4-9(11)10-5-7(2)12-8(3)6-10/h7-8H,4-6H2,1-3H3/t7-,8-/m1/s1. The van der Waals surface area contributed by atoms with E-state index in [-0.39, 0.29) is 18.1 Å². The number of rotatable bonds is 1. The zero-order chi connectivity index (χ0) is 9.14. The quantitative estimate of drug-likeness (QED) is 0.589. The molecule has 0 aromatic carbocycles. The minimum Gasteiger partial charge on any atom is -0.372 e. The van der Waals surface area contributed by atoms with Crippen molar-refractivity contribution in [1.82, 2.24) is 4.90 Å². The van der Waals surface area contributed by atoms with Crippen molar-refractivity contribution < 1.29 is 9.53 Å². The lowest BCUT2D eigenvalue weighted by atomic mass is 10.2. The third-order valence-corrected chi connectivity index (χ3v) is 2.07. The maximum atomic E-state index is 11.3. The summed E-state index contributed by atoms with van der Waals surface area (Å²) in [6.07, 6.45) is 0.966. The predicted molar refractivity (Wildman–Crippen MR) is 46.9 cm³/mol. The maximum Gasteiger partial charge on any atom is 0.222 e. The van der Waals surface area contributed by atoms with Crippen molar-refractivity contribution in [3.63, 3.8) is 0 Å². The minimum atomic E-state index is 0.184. The van der Waals surface area contributed by atoms with Crippen LogP contribution >= 0.6 is 0 Å². The van der Waals surface area contributed by atoms with Crippen LogP contribution in [-0.4, -0.2) is 36.1 Å². The Hall–Kier alpha value is -0.570. The Morgan fingerprint density at radius 2 is 1.92 bits per heavy atom. The van der Waals surface area contributed by atoms with Gasteiger partial charge in [0.25, 0.3) is 0 Å². The summed E-state index contributed by atoms with van der Waals surface area (Å²) in [5, 5.41) is 0.